The number of carbonyl (C=O) groups excluding carboxylic acids is 3. The predicted octanol–water partition coefficient (Wildman–Crippen LogP) is 2.78. The van der Waals surface area contributed by atoms with Gasteiger partial charge >= 0.3 is 0 Å². The molecule has 31 heavy (non-hydrogen) atoms. The molecule has 2 aliphatic rings. The van der Waals surface area contributed by atoms with E-state index in [0.29, 0.717) is 26.4 Å². The van der Waals surface area contributed by atoms with Crippen LogP contribution in [0.15, 0.2) is 42.5 Å². The smallest absolute Gasteiger partial charge is 0.229 e. The van der Waals surface area contributed by atoms with E-state index in [9.17, 15) is 14.4 Å². The number of hydrogen-bond acceptors (Lipinski definition) is 5. The molecule has 2 saturated heterocycles. The third kappa shape index (κ3) is 4.88. The molecule has 11 heteroatoms. The lowest BCUT2D eigenvalue weighted by molar-refractivity contribution is -0.144. The quantitative estimate of drug-likeness (QED) is 0.460. The van der Waals surface area contributed by atoms with Gasteiger partial charge in [-0.3, -0.25) is 19.7 Å². The normalized spacial score (nSPS) is 25.1. The molecule has 2 aliphatic heterocycles. The van der Waals surface area contributed by atoms with Crippen LogP contribution in [0.2, 0.25) is 15.1 Å². The zero-order chi connectivity index (χ0) is 22.1. The molecular weight excluding hydrogens is 465 g/mol. The van der Waals surface area contributed by atoms with Crippen LogP contribution in [-0.2, 0) is 14.4 Å². The number of fused-ring (bicyclic) bond motifs is 1. The number of benzene rings is 2. The van der Waals surface area contributed by atoms with Crippen LogP contribution in [0.3, 0.4) is 0 Å². The molecule has 162 valence electrons. The Hall–Kier alpha value is -2.52. The van der Waals surface area contributed by atoms with Crippen LogP contribution in [0.25, 0.3) is 0 Å². The Balaban J connectivity index is 1.49. The molecule has 0 radical (unpaired) electrons. The minimum Gasteiger partial charge on any atom is -0.353 e. The number of rotatable bonds is 4. The molecule has 4 rings (SSSR count). The standard InChI is InChI=1S/C20H18Cl3N5O3/c21-9-1-4-11(5-2-9)24-20-27-17-16(19(31)28-20)12(8-15(29)26-17)18(30)25-14-7-10(22)3-6-13(14)23/h1-7,12,16-17,20,24,27H,8H2,(H,25,30)(H,26,29)(H,28,31). The van der Waals surface area contributed by atoms with Gasteiger partial charge < -0.3 is 21.3 Å². The van der Waals surface area contributed by atoms with Gasteiger partial charge in [0.05, 0.1) is 28.7 Å². The lowest BCUT2D eigenvalue weighted by Crippen LogP contribution is -2.72. The Kier molecular flexibility index (Phi) is 6.24. The van der Waals surface area contributed by atoms with Crippen molar-refractivity contribution in [2.45, 2.75) is 18.9 Å². The molecule has 2 fully saturated rings. The summed E-state index contributed by atoms with van der Waals surface area (Å²) in [6.07, 6.45) is -1.51. The Bertz CT molecular complexity index is 1030. The van der Waals surface area contributed by atoms with Crippen molar-refractivity contribution >= 4 is 63.9 Å². The van der Waals surface area contributed by atoms with Gasteiger partial charge in [-0.1, -0.05) is 34.8 Å². The molecular formula is C20H18Cl3N5O3. The summed E-state index contributed by atoms with van der Waals surface area (Å²) in [7, 11) is 0. The van der Waals surface area contributed by atoms with Crippen molar-refractivity contribution in [3.05, 3.63) is 57.5 Å². The summed E-state index contributed by atoms with van der Waals surface area (Å²) in [6.45, 7) is 0. The maximum absolute atomic E-state index is 13.0. The largest absolute Gasteiger partial charge is 0.353 e. The first kappa shape index (κ1) is 21.7. The number of halogens is 3. The first-order chi connectivity index (χ1) is 14.8. The Morgan fingerprint density at radius 1 is 0.968 bits per heavy atom. The lowest BCUT2D eigenvalue weighted by Gasteiger charge is -2.43. The molecule has 2 aromatic rings. The van der Waals surface area contributed by atoms with Gasteiger partial charge in [0, 0.05) is 22.2 Å². The van der Waals surface area contributed by atoms with Gasteiger partial charge in [0.1, 0.15) is 0 Å². The molecule has 0 spiro atoms. The van der Waals surface area contributed by atoms with Crippen molar-refractivity contribution in [2.24, 2.45) is 11.8 Å². The fourth-order valence-corrected chi connectivity index (χ4v) is 4.15. The van der Waals surface area contributed by atoms with E-state index in [2.05, 4.69) is 26.6 Å². The van der Waals surface area contributed by atoms with Crippen LogP contribution in [0.1, 0.15) is 6.42 Å². The topological polar surface area (TPSA) is 111 Å². The van der Waals surface area contributed by atoms with Crippen LogP contribution < -0.4 is 26.6 Å². The highest BCUT2D eigenvalue weighted by Crippen LogP contribution is 2.30. The van der Waals surface area contributed by atoms with Gasteiger partial charge in [0.25, 0.3) is 0 Å². The minimum atomic E-state index is -0.891. The van der Waals surface area contributed by atoms with Crippen molar-refractivity contribution in [1.82, 2.24) is 16.0 Å². The molecule has 2 heterocycles. The number of carbonyl (C=O) groups is 3. The summed E-state index contributed by atoms with van der Waals surface area (Å²) in [5.41, 5.74) is 1.03. The number of nitrogens with one attached hydrogen (secondary N) is 5. The number of hydrogen-bond donors (Lipinski definition) is 5. The van der Waals surface area contributed by atoms with Crippen molar-refractivity contribution in [3.63, 3.8) is 0 Å². The number of amides is 3. The highest BCUT2D eigenvalue weighted by molar-refractivity contribution is 6.35. The second kappa shape index (κ2) is 8.92. The number of anilines is 2. The Morgan fingerprint density at radius 3 is 2.42 bits per heavy atom. The SMILES string of the molecule is O=C1CC(C(=O)Nc2cc(Cl)ccc2Cl)C2C(=O)NC(Nc3ccc(Cl)cc3)NC2N1. The molecule has 0 saturated carbocycles. The second-order valence-electron chi connectivity index (χ2n) is 7.25. The van der Waals surface area contributed by atoms with Gasteiger partial charge in [-0.25, -0.2) is 0 Å². The van der Waals surface area contributed by atoms with Crippen molar-refractivity contribution in [2.75, 3.05) is 10.6 Å². The molecule has 4 atom stereocenters. The van der Waals surface area contributed by atoms with Gasteiger partial charge in [-0.05, 0) is 42.5 Å². The molecule has 0 aromatic heterocycles. The highest BCUT2D eigenvalue weighted by Gasteiger charge is 2.48. The van der Waals surface area contributed by atoms with E-state index in [1.54, 1.807) is 36.4 Å². The monoisotopic (exact) mass is 481 g/mol. The molecule has 8 nitrogen and oxygen atoms in total. The Labute approximate surface area is 193 Å². The van der Waals surface area contributed by atoms with E-state index in [1.807, 2.05) is 0 Å². The second-order valence-corrected chi connectivity index (χ2v) is 8.53. The van der Waals surface area contributed by atoms with Crippen LogP contribution in [-0.4, -0.2) is 30.2 Å². The summed E-state index contributed by atoms with van der Waals surface area (Å²) in [4.78, 5) is 38.1. The average molecular weight is 483 g/mol. The van der Waals surface area contributed by atoms with Crippen LogP contribution in [0.5, 0.6) is 0 Å². The number of piperidine rings is 1. The molecule has 2 aromatic carbocycles. The fraction of sp³-hybridized carbons (Fsp3) is 0.250. The molecule has 4 unspecified atom stereocenters. The van der Waals surface area contributed by atoms with E-state index in [-0.39, 0.29) is 18.2 Å². The van der Waals surface area contributed by atoms with Crippen molar-refractivity contribution < 1.29 is 14.4 Å². The van der Waals surface area contributed by atoms with Crippen LogP contribution in [0, 0.1) is 11.8 Å². The third-order valence-electron chi connectivity index (χ3n) is 5.13. The third-order valence-corrected chi connectivity index (χ3v) is 5.94. The minimum absolute atomic E-state index is 0.129. The van der Waals surface area contributed by atoms with E-state index in [0.717, 1.165) is 0 Å². The first-order valence-electron chi connectivity index (χ1n) is 9.44. The average Bonchev–Trinajstić information content (AvgIpc) is 2.71. The summed E-state index contributed by atoms with van der Waals surface area (Å²) in [5.74, 6) is -2.90. The zero-order valence-corrected chi connectivity index (χ0v) is 18.2. The maximum atomic E-state index is 13.0. The van der Waals surface area contributed by atoms with Crippen LogP contribution in [0.4, 0.5) is 11.4 Å². The van der Waals surface area contributed by atoms with Gasteiger partial charge in [0.2, 0.25) is 17.7 Å². The van der Waals surface area contributed by atoms with E-state index in [1.165, 1.54) is 6.07 Å². The van der Waals surface area contributed by atoms with E-state index in [4.69, 9.17) is 34.8 Å². The van der Waals surface area contributed by atoms with Crippen molar-refractivity contribution in [1.29, 1.82) is 0 Å². The predicted molar refractivity (Wildman–Crippen MR) is 119 cm³/mol. The van der Waals surface area contributed by atoms with Crippen molar-refractivity contribution in [3.8, 4) is 0 Å². The van der Waals surface area contributed by atoms with Gasteiger partial charge in [-0.2, -0.15) is 0 Å². The van der Waals surface area contributed by atoms with E-state index < -0.39 is 30.2 Å². The highest BCUT2D eigenvalue weighted by atomic mass is 35.5. The van der Waals surface area contributed by atoms with Gasteiger partial charge in [0.15, 0.2) is 6.29 Å². The first-order valence-corrected chi connectivity index (χ1v) is 10.6. The van der Waals surface area contributed by atoms with Gasteiger partial charge in [-0.15, -0.1) is 0 Å². The van der Waals surface area contributed by atoms with Crippen LogP contribution >= 0.6 is 34.8 Å². The maximum Gasteiger partial charge on any atom is 0.229 e. The molecule has 5 N–H and O–H groups in total. The summed E-state index contributed by atoms with van der Waals surface area (Å²) < 4.78 is 0. The molecule has 0 bridgehead atoms. The lowest BCUT2D eigenvalue weighted by atomic mass is 9.81. The van der Waals surface area contributed by atoms with E-state index >= 15 is 0 Å². The zero-order valence-electron chi connectivity index (χ0n) is 15.9. The molecule has 3 amide bonds. The summed E-state index contributed by atoms with van der Waals surface area (Å²) in [6, 6.07) is 11.6. The summed E-state index contributed by atoms with van der Waals surface area (Å²) in [5, 5.41) is 15.7. The molecule has 0 aliphatic carbocycles. The Morgan fingerprint density at radius 2 is 1.68 bits per heavy atom. The summed E-state index contributed by atoms with van der Waals surface area (Å²) >= 11 is 18.0. The fourth-order valence-electron chi connectivity index (χ4n) is 3.69.